The van der Waals surface area contributed by atoms with Crippen molar-refractivity contribution in [2.24, 2.45) is 11.5 Å². The van der Waals surface area contributed by atoms with Crippen LogP contribution in [0.4, 0.5) is 0 Å². The van der Waals surface area contributed by atoms with Gasteiger partial charge in [-0.1, -0.05) is 12.8 Å². The molecule has 0 heterocycles. The maximum absolute atomic E-state index is 13.5. The third-order valence-electron chi connectivity index (χ3n) is 10.7. The number of benzene rings is 3. The number of hydrogen-bond acceptors (Lipinski definition) is 14. The highest BCUT2D eigenvalue weighted by atomic mass is 16.5. The van der Waals surface area contributed by atoms with Crippen molar-refractivity contribution in [1.82, 2.24) is 0 Å². The molecule has 0 radical (unpaired) electrons. The Morgan fingerprint density at radius 2 is 0.484 bits per heavy atom. The van der Waals surface area contributed by atoms with E-state index in [4.69, 9.17) is 39.9 Å². The SMILES string of the molecule is COc1cc(OC)c(C(=O)CCCCCC(=O)c2cc(C(=O)CCCCCC(=O)c3cc(C(=O)CCCCN)c(OC)cc3OC)c(OC)cc2OC)cc1C(=O)CCCCN. The zero-order valence-electron chi connectivity index (χ0n) is 37.2. The molecule has 0 saturated carbocycles. The number of ether oxygens (including phenoxy) is 6. The van der Waals surface area contributed by atoms with Gasteiger partial charge in [-0.2, -0.15) is 0 Å². The highest BCUT2D eigenvalue weighted by Crippen LogP contribution is 2.35. The lowest BCUT2D eigenvalue weighted by Gasteiger charge is -2.15. The molecule has 0 aliphatic carbocycles. The number of Topliss-reactive ketones (excluding diaryl/α,β-unsaturated/α-hetero) is 6. The fraction of sp³-hybridized carbons (Fsp3) is 0.500. The molecule has 0 unspecified atom stereocenters. The molecule has 0 aliphatic heterocycles. The molecule has 4 N–H and O–H groups in total. The summed E-state index contributed by atoms with van der Waals surface area (Å²) < 4.78 is 32.8. The Balaban J connectivity index is 1.58. The van der Waals surface area contributed by atoms with E-state index in [1.807, 2.05) is 0 Å². The quantitative estimate of drug-likeness (QED) is 0.0446. The Labute approximate surface area is 365 Å². The molecule has 3 aromatic carbocycles. The summed E-state index contributed by atoms with van der Waals surface area (Å²) in [5.41, 5.74) is 12.9. The molecule has 0 saturated heterocycles. The van der Waals surface area contributed by atoms with Crippen molar-refractivity contribution < 1.29 is 57.2 Å². The Hall–Kier alpha value is -5.60. The smallest absolute Gasteiger partial charge is 0.166 e. The predicted octanol–water partition coefficient (Wildman–Crippen LogP) is 8.39. The van der Waals surface area contributed by atoms with Gasteiger partial charge >= 0.3 is 0 Å². The highest BCUT2D eigenvalue weighted by Gasteiger charge is 2.24. The van der Waals surface area contributed by atoms with E-state index in [0.29, 0.717) is 123 Å². The number of rotatable bonds is 32. The van der Waals surface area contributed by atoms with Crippen LogP contribution in [0.15, 0.2) is 36.4 Å². The average Bonchev–Trinajstić information content (AvgIpc) is 3.29. The molecule has 3 aromatic rings. The molecule has 3 rings (SSSR count). The minimum atomic E-state index is -0.215. The summed E-state index contributed by atoms with van der Waals surface area (Å²) in [6.07, 6.45) is 7.08. The summed E-state index contributed by atoms with van der Waals surface area (Å²) in [6, 6.07) is 9.25. The maximum Gasteiger partial charge on any atom is 0.166 e. The van der Waals surface area contributed by atoms with E-state index in [0.717, 1.165) is 0 Å². The molecule has 0 fully saturated rings. The summed E-state index contributed by atoms with van der Waals surface area (Å²) in [5, 5.41) is 0. The van der Waals surface area contributed by atoms with E-state index in [-0.39, 0.29) is 95.9 Å². The van der Waals surface area contributed by atoms with Crippen molar-refractivity contribution in [3.63, 3.8) is 0 Å². The molecule has 0 amide bonds. The molecular formula is C48H64N2O12. The highest BCUT2D eigenvalue weighted by molar-refractivity contribution is 6.07. The second-order valence-electron chi connectivity index (χ2n) is 14.9. The lowest BCUT2D eigenvalue weighted by Crippen LogP contribution is -2.10. The van der Waals surface area contributed by atoms with Crippen LogP contribution in [0.5, 0.6) is 34.5 Å². The van der Waals surface area contributed by atoms with Crippen LogP contribution >= 0.6 is 0 Å². The van der Waals surface area contributed by atoms with Crippen LogP contribution in [0, 0.1) is 0 Å². The number of nitrogens with two attached hydrogens (primary N) is 2. The first-order valence-electron chi connectivity index (χ1n) is 21.3. The number of carbonyl (C=O) groups is 6. The van der Waals surface area contributed by atoms with Crippen LogP contribution in [0.25, 0.3) is 0 Å². The minimum Gasteiger partial charge on any atom is -0.496 e. The van der Waals surface area contributed by atoms with Gasteiger partial charge in [0.15, 0.2) is 34.7 Å². The Bertz CT molecular complexity index is 1890. The van der Waals surface area contributed by atoms with Crippen LogP contribution in [0.3, 0.4) is 0 Å². The molecule has 0 bridgehead atoms. The fourth-order valence-corrected chi connectivity index (χ4v) is 7.17. The fourth-order valence-electron chi connectivity index (χ4n) is 7.17. The van der Waals surface area contributed by atoms with Gasteiger partial charge in [-0.25, -0.2) is 0 Å². The maximum atomic E-state index is 13.5. The van der Waals surface area contributed by atoms with E-state index in [2.05, 4.69) is 0 Å². The monoisotopic (exact) mass is 860 g/mol. The lowest BCUT2D eigenvalue weighted by molar-refractivity contribution is 0.0957. The van der Waals surface area contributed by atoms with Crippen LogP contribution in [0.1, 0.15) is 165 Å². The first-order chi connectivity index (χ1) is 29.9. The topological polar surface area (TPSA) is 210 Å². The second-order valence-corrected chi connectivity index (χ2v) is 14.9. The zero-order chi connectivity index (χ0) is 45.6. The van der Waals surface area contributed by atoms with Crippen molar-refractivity contribution in [2.75, 3.05) is 55.7 Å². The van der Waals surface area contributed by atoms with Gasteiger partial charge < -0.3 is 39.9 Å². The third kappa shape index (κ3) is 14.2. The van der Waals surface area contributed by atoms with Gasteiger partial charge in [0.1, 0.15) is 34.5 Å². The first-order valence-corrected chi connectivity index (χ1v) is 21.3. The minimum absolute atomic E-state index is 0.138. The summed E-state index contributed by atoms with van der Waals surface area (Å²) in [7, 11) is 8.71. The number of methoxy groups -OCH3 is 6. The van der Waals surface area contributed by atoms with E-state index in [9.17, 15) is 28.8 Å². The lowest BCUT2D eigenvalue weighted by atomic mass is 9.95. The van der Waals surface area contributed by atoms with Crippen molar-refractivity contribution in [2.45, 2.75) is 103 Å². The average molecular weight is 861 g/mol. The molecule has 0 aromatic heterocycles. The molecule has 62 heavy (non-hydrogen) atoms. The molecule has 0 spiro atoms. The summed E-state index contributed by atoms with van der Waals surface area (Å²) >= 11 is 0. The van der Waals surface area contributed by atoms with E-state index >= 15 is 0 Å². The van der Waals surface area contributed by atoms with Crippen LogP contribution in [0.2, 0.25) is 0 Å². The first kappa shape index (κ1) is 50.8. The molecule has 0 aliphatic rings. The van der Waals surface area contributed by atoms with E-state index in [1.54, 1.807) is 24.3 Å². The van der Waals surface area contributed by atoms with Crippen molar-refractivity contribution >= 4 is 34.7 Å². The standard InChI is InChI=1S/C48H64N2O12/c1-57-43-28-44(58-2)32(38(52)18-10-8-12-20-40(54)34-27-36(42(56)22-14-16-24-50)48(62-6)30-46(34)60-4)25-31(43)37(51)17-9-7-11-19-39(53)33-26-35(41(55)21-13-15-23-49)47(61-5)29-45(33)59-3/h25-30H,7-24,49-50H2,1-6H3. The normalized spacial score (nSPS) is 10.8. The third-order valence-corrected chi connectivity index (χ3v) is 10.7. The van der Waals surface area contributed by atoms with Gasteiger partial charge in [0.25, 0.3) is 0 Å². The Morgan fingerprint density at radius 3 is 0.645 bits per heavy atom. The van der Waals surface area contributed by atoms with Crippen LogP contribution < -0.4 is 39.9 Å². The molecular weight excluding hydrogens is 797 g/mol. The van der Waals surface area contributed by atoms with Crippen molar-refractivity contribution in [3.8, 4) is 34.5 Å². The van der Waals surface area contributed by atoms with Crippen LogP contribution in [-0.4, -0.2) is 90.4 Å². The Kier molecular flexibility index (Phi) is 21.8. The van der Waals surface area contributed by atoms with Gasteiger partial charge in [-0.05, 0) is 82.7 Å². The van der Waals surface area contributed by atoms with E-state index in [1.165, 1.54) is 54.8 Å². The Morgan fingerprint density at radius 1 is 0.306 bits per heavy atom. The summed E-state index contributed by atoms with van der Waals surface area (Å²) in [5.74, 6) is 0.794. The van der Waals surface area contributed by atoms with Crippen LogP contribution in [-0.2, 0) is 0 Å². The van der Waals surface area contributed by atoms with Crippen molar-refractivity contribution in [3.05, 3.63) is 69.8 Å². The van der Waals surface area contributed by atoms with Gasteiger partial charge in [-0.15, -0.1) is 0 Å². The predicted molar refractivity (Wildman–Crippen MR) is 237 cm³/mol. The molecule has 14 nitrogen and oxygen atoms in total. The zero-order valence-corrected chi connectivity index (χ0v) is 37.2. The molecule has 14 heteroatoms. The molecule has 0 atom stereocenters. The summed E-state index contributed by atoms with van der Waals surface area (Å²) in [6.45, 7) is 0.971. The van der Waals surface area contributed by atoms with Gasteiger partial charge in [0, 0.05) is 56.7 Å². The number of unbranched alkanes of at least 4 members (excludes halogenated alkanes) is 6. The second kappa shape index (κ2) is 26.7. The van der Waals surface area contributed by atoms with E-state index < -0.39 is 0 Å². The summed E-state index contributed by atoms with van der Waals surface area (Å²) in [4.78, 5) is 79.5. The number of ketones is 6. The van der Waals surface area contributed by atoms with Gasteiger partial charge in [0.2, 0.25) is 0 Å². The largest absolute Gasteiger partial charge is 0.496 e. The molecule has 338 valence electrons. The number of carbonyl (C=O) groups excluding carboxylic acids is 6. The van der Waals surface area contributed by atoms with Gasteiger partial charge in [-0.3, -0.25) is 28.8 Å². The van der Waals surface area contributed by atoms with Crippen molar-refractivity contribution in [1.29, 1.82) is 0 Å². The number of hydrogen-bond donors (Lipinski definition) is 2. The van der Waals surface area contributed by atoms with Gasteiger partial charge in [0.05, 0.1) is 76.0 Å².